The van der Waals surface area contributed by atoms with Gasteiger partial charge in [0, 0.05) is 25.6 Å². The van der Waals surface area contributed by atoms with Crippen molar-refractivity contribution in [2.24, 2.45) is 5.92 Å². The van der Waals surface area contributed by atoms with Gasteiger partial charge in [0.05, 0.1) is 6.54 Å². The van der Waals surface area contributed by atoms with Crippen LogP contribution in [0.3, 0.4) is 0 Å². The van der Waals surface area contributed by atoms with Crippen LogP contribution in [0.4, 0.5) is 13.2 Å². The van der Waals surface area contributed by atoms with Gasteiger partial charge in [-0.3, -0.25) is 4.79 Å². The number of carbonyl (C=O) groups is 1. The van der Waals surface area contributed by atoms with Crippen LogP contribution in [0, 0.1) is 5.92 Å². The molecule has 1 N–H and O–H groups in total. The first-order chi connectivity index (χ1) is 9.85. The second-order valence-electron chi connectivity index (χ2n) is 5.99. The number of piperidine rings is 1. The highest BCUT2D eigenvalue weighted by molar-refractivity contribution is 5.76. The molecule has 1 amide bonds. The van der Waals surface area contributed by atoms with E-state index in [9.17, 15) is 18.0 Å². The topological polar surface area (TPSA) is 32.3 Å². The Kier molecular flexibility index (Phi) is 7.49. The van der Waals surface area contributed by atoms with E-state index in [1.807, 2.05) is 6.92 Å². The van der Waals surface area contributed by atoms with E-state index in [0.29, 0.717) is 25.4 Å². The van der Waals surface area contributed by atoms with Crippen molar-refractivity contribution in [2.45, 2.75) is 64.6 Å². The Balaban J connectivity index is 2.58. The molecular formula is C15H27F3N2O. The summed E-state index contributed by atoms with van der Waals surface area (Å²) in [5.41, 5.74) is 0. The quantitative estimate of drug-likeness (QED) is 0.782. The molecule has 2 unspecified atom stereocenters. The molecule has 124 valence electrons. The third kappa shape index (κ3) is 7.16. The SMILES string of the molecule is CCCCC1CC(NCC(F)(F)F)CN(C(=O)CCC)C1. The number of unbranched alkanes of at least 4 members (excludes halogenated alkanes) is 1. The van der Waals surface area contributed by atoms with Crippen LogP contribution in [0.1, 0.15) is 52.4 Å². The van der Waals surface area contributed by atoms with Gasteiger partial charge in [-0.1, -0.05) is 26.7 Å². The molecule has 1 saturated heterocycles. The molecule has 6 heteroatoms. The number of rotatable bonds is 7. The fourth-order valence-corrected chi connectivity index (χ4v) is 2.89. The minimum Gasteiger partial charge on any atom is -0.341 e. The van der Waals surface area contributed by atoms with Crippen molar-refractivity contribution < 1.29 is 18.0 Å². The molecule has 3 nitrogen and oxygen atoms in total. The van der Waals surface area contributed by atoms with Gasteiger partial charge < -0.3 is 10.2 Å². The number of hydrogen-bond donors (Lipinski definition) is 1. The van der Waals surface area contributed by atoms with E-state index in [1.54, 1.807) is 4.90 Å². The monoisotopic (exact) mass is 308 g/mol. The summed E-state index contributed by atoms with van der Waals surface area (Å²) in [6.45, 7) is 4.16. The van der Waals surface area contributed by atoms with Crippen LogP contribution in [0.5, 0.6) is 0 Å². The number of hydrogen-bond acceptors (Lipinski definition) is 2. The fourth-order valence-electron chi connectivity index (χ4n) is 2.89. The average molecular weight is 308 g/mol. The number of nitrogens with one attached hydrogen (secondary N) is 1. The number of nitrogens with zero attached hydrogens (tertiary/aromatic N) is 1. The minimum atomic E-state index is -4.20. The van der Waals surface area contributed by atoms with E-state index in [2.05, 4.69) is 12.2 Å². The van der Waals surface area contributed by atoms with Crippen LogP contribution in [0.2, 0.25) is 0 Å². The molecule has 1 rings (SSSR count). The zero-order valence-electron chi connectivity index (χ0n) is 13.0. The summed E-state index contributed by atoms with van der Waals surface area (Å²) in [5.74, 6) is 0.378. The van der Waals surface area contributed by atoms with Crippen molar-refractivity contribution in [3.8, 4) is 0 Å². The Morgan fingerprint density at radius 1 is 1.24 bits per heavy atom. The number of carbonyl (C=O) groups excluding carboxylic acids is 1. The van der Waals surface area contributed by atoms with Gasteiger partial charge in [-0.05, 0) is 25.2 Å². The molecule has 0 aromatic rings. The Morgan fingerprint density at radius 2 is 1.95 bits per heavy atom. The van der Waals surface area contributed by atoms with Crippen molar-refractivity contribution in [1.29, 1.82) is 0 Å². The van der Waals surface area contributed by atoms with Crippen molar-refractivity contribution in [3.63, 3.8) is 0 Å². The Hall–Kier alpha value is -0.780. The summed E-state index contributed by atoms with van der Waals surface area (Å²) in [7, 11) is 0. The molecule has 0 bridgehead atoms. The lowest BCUT2D eigenvalue weighted by Gasteiger charge is -2.38. The normalized spacial score (nSPS) is 23.4. The third-order valence-corrected chi connectivity index (χ3v) is 3.91. The highest BCUT2D eigenvalue weighted by Crippen LogP contribution is 2.24. The lowest BCUT2D eigenvalue weighted by atomic mass is 9.89. The molecule has 21 heavy (non-hydrogen) atoms. The Bertz CT molecular complexity index is 321. The molecule has 0 aromatic carbocycles. The Labute approximate surface area is 125 Å². The van der Waals surface area contributed by atoms with Gasteiger partial charge in [-0.15, -0.1) is 0 Å². The van der Waals surface area contributed by atoms with E-state index in [4.69, 9.17) is 0 Å². The zero-order valence-corrected chi connectivity index (χ0v) is 13.0. The zero-order chi connectivity index (χ0) is 15.9. The van der Waals surface area contributed by atoms with Crippen LogP contribution in [-0.4, -0.2) is 42.7 Å². The second-order valence-corrected chi connectivity index (χ2v) is 5.99. The molecule has 1 aliphatic rings. The molecular weight excluding hydrogens is 281 g/mol. The maximum absolute atomic E-state index is 12.3. The van der Waals surface area contributed by atoms with Crippen LogP contribution in [0.25, 0.3) is 0 Å². The summed E-state index contributed by atoms with van der Waals surface area (Å²) in [4.78, 5) is 13.8. The van der Waals surface area contributed by atoms with Crippen LogP contribution < -0.4 is 5.32 Å². The summed E-state index contributed by atoms with van der Waals surface area (Å²) < 4.78 is 37.0. The molecule has 1 heterocycles. The standard InChI is InChI=1S/C15H27F3N2O/c1-3-5-7-12-8-13(19-11-15(16,17)18)10-20(9-12)14(21)6-4-2/h12-13,19H,3-11H2,1-2H3. The van der Waals surface area contributed by atoms with E-state index in [0.717, 1.165) is 32.1 Å². The van der Waals surface area contributed by atoms with E-state index >= 15 is 0 Å². The van der Waals surface area contributed by atoms with Crippen molar-refractivity contribution in [2.75, 3.05) is 19.6 Å². The molecule has 0 aliphatic carbocycles. The van der Waals surface area contributed by atoms with Gasteiger partial charge in [-0.25, -0.2) is 0 Å². The molecule has 0 aromatic heterocycles. The average Bonchev–Trinajstić information content (AvgIpc) is 2.42. The van der Waals surface area contributed by atoms with Crippen molar-refractivity contribution in [3.05, 3.63) is 0 Å². The van der Waals surface area contributed by atoms with Gasteiger partial charge in [-0.2, -0.15) is 13.2 Å². The molecule has 2 atom stereocenters. The van der Waals surface area contributed by atoms with E-state index < -0.39 is 12.7 Å². The summed E-state index contributed by atoms with van der Waals surface area (Å²) in [6.07, 6.45) is 0.895. The highest BCUT2D eigenvalue weighted by Gasteiger charge is 2.33. The minimum absolute atomic E-state index is 0.0671. The van der Waals surface area contributed by atoms with Crippen molar-refractivity contribution >= 4 is 5.91 Å². The summed E-state index contributed by atoms with van der Waals surface area (Å²) in [6, 6.07) is -0.247. The summed E-state index contributed by atoms with van der Waals surface area (Å²) >= 11 is 0. The Morgan fingerprint density at radius 3 is 2.52 bits per heavy atom. The highest BCUT2D eigenvalue weighted by atomic mass is 19.4. The first-order valence-electron chi connectivity index (χ1n) is 7.93. The molecule has 0 saturated carbocycles. The lowest BCUT2D eigenvalue weighted by Crippen LogP contribution is -2.52. The van der Waals surface area contributed by atoms with Gasteiger partial charge in [0.2, 0.25) is 5.91 Å². The number of halogens is 3. The molecule has 1 aliphatic heterocycles. The lowest BCUT2D eigenvalue weighted by molar-refractivity contribution is -0.135. The van der Waals surface area contributed by atoms with Crippen LogP contribution >= 0.6 is 0 Å². The first kappa shape index (κ1) is 18.3. The number of alkyl halides is 3. The first-order valence-corrected chi connectivity index (χ1v) is 7.93. The second kappa shape index (κ2) is 8.61. The smallest absolute Gasteiger partial charge is 0.341 e. The number of likely N-dealkylation sites (tertiary alicyclic amines) is 1. The van der Waals surface area contributed by atoms with Crippen molar-refractivity contribution in [1.82, 2.24) is 10.2 Å². The molecule has 1 fully saturated rings. The largest absolute Gasteiger partial charge is 0.401 e. The maximum Gasteiger partial charge on any atom is 0.401 e. The molecule has 0 radical (unpaired) electrons. The van der Waals surface area contributed by atoms with Crippen LogP contribution in [0.15, 0.2) is 0 Å². The maximum atomic E-state index is 12.3. The van der Waals surface area contributed by atoms with Gasteiger partial charge in [0.25, 0.3) is 0 Å². The predicted molar refractivity (Wildman–Crippen MR) is 77.0 cm³/mol. The third-order valence-electron chi connectivity index (χ3n) is 3.91. The predicted octanol–water partition coefficient (Wildman–Crippen LogP) is 3.35. The van der Waals surface area contributed by atoms with Gasteiger partial charge in [0.1, 0.15) is 0 Å². The number of amides is 1. The molecule has 0 spiro atoms. The van der Waals surface area contributed by atoms with Gasteiger partial charge in [0.15, 0.2) is 0 Å². The van der Waals surface area contributed by atoms with E-state index in [1.165, 1.54) is 0 Å². The van der Waals surface area contributed by atoms with E-state index in [-0.39, 0.29) is 11.9 Å². The fraction of sp³-hybridized carbons (Fsp3) is 0.933. The van der Waals surface area contributed by atoms with Crippen LogP contribution in [-0.2, 0) is 4.79 Å². The van der Waals surface area contributed by atoms with Gasteiger partial charge >= 0.3 is 6.18 Å². The summed E-state index contributed by atoms with van der Waals surface area (Å²) in [5, 5.41) is 2.58.